The highest BCUT2D eigenvalue weighted by Gasteiger charge is 2.23. The molecule has 0 aromatic carbocycles. The Labute approximate surface area is 129 Å². The number of carbonyl (C=O) groups is 1. The molecule has 0 aliphatic heterocycles. The van der Waals surface area contributed by atoms with Gasteiger partial charge in [-0.1, -0.05) is 6.92 Å². The van der Waals surface area contributed by atoms with Crippen LogP contribution in [-0.4, -0.2) is 21.5 Å². The van der Waals surface area contributed by atoms with Crippen LogP contribution in [0, 0.1) is 5.92 Å². The Morgan fingerprint density at radius 1 is 1.62 bits per heavy atom. The maximum atomic E-state index is 12.5. The fourth-order valence-corrected chi connectivity index (χ4v) is 4.17. The van der Waals surface area contributed by atoms with E-state index in [-0.39, 0.29) is 11.9 Å². The Morgan fingerprint density at radius 3 is 3.24 bits per heavy atom. The molecule has 1 N–H and O–H groups in total. The van der Waals surface area contributed by atoms with Gasteiger partial charge in [0.15, 0.2) is 0 Å². The Morgan fingerprint density at radius 2 is 2.48 bits per heavy atom. The summed E-state index contributed by atoms with van der Waals surface area (Å²) in [5.74, 6) is 0.807. The molecule has 2 heterocycles. The molecular formula is C16H21N3OS. The van der Waals surface area contributed by atoms with Crippen LogP contribution in [0.15, 0.2) is 24.1 Å². The lowest BCUT2D eigenvalue weighted by Gasteiger charge is -2.19. The number of thiophene rings is 1. The highest BCUT2D eigenvalue weighted by molar-refractivity contribution is 7.10. The van der Waals surface area contributed by atoms with E-state index in [9.17, 15) is 4.79 Å². The Balaban J connectivity index is 1.66. The van der Waals surface area contributed by atoms with Crippen LogP contribution in [0.3, 0.4) is 0 Å². The summed E-state index contributed by atoms with van der Waals surface area (Å²) >= 11 is 1.74. The van der Waals surface area contributed by atoms with Gasteiger partial charge < -0.3 is 9.88 Å². The number of hydrogen-bond acceptors (Lipinski definition) is 3. The molecule has 2 aromatic rings. The summed E-state index contributed by atoms with van der Waals surface area (Å²) in [6.07, 6.45) is 8.79. The summed E-state index contributed by atoms with van der Waals surface area (Å²) in [4.78, 5) is 17.9. The molecule has 1 aliphatic carbocycles. The molecule has 2 atom stereocenters. The lowest BCUT2D eigenvalue weighted by atomic mass is 9.88. The van der Waals surface area contributed by atoms with Gasteiger partial charge in [-0.3, -0.25) is 4.79 Å². The van der Waals surface area contributed by atoms with Crippen molar-refractivity contribution in [1.82, 2.24) is 14.9 Å². The molecule has 0 bridgehead atoms. The minimum absolute atomic E-state index is 0.0645. The molecule has 1 aliphatic rings. The van der Waals surface area contributed by atoms with E-state index < -0.39 is 0 Å². The van der Waals surface area contributed by atoms with Gasteiger partial charge in [0, 0.05) is 35.2 Å². The molecule has 0 saturated heterocycles. The van der Waals surface area contributed by atoms with Crippen molar-refractivity contribution in [3.63, 3.8) is 0 Å². The second kappa shape index (κ2) is 6.02. The van der Waals surface area contributed by atoms with Crippen LogP contribution in [0.4, 0.5) is 0 Å². The first kappa shape index (κ1) is 14.3. The van der Waals surface area contributed by atoms with E-state index in [0.717, 1.165) is 30.9 Å². The number of nitrogens with one attached hydrogen (secondary N) is 1. The van der Waals surface area contributed by atoms with Crippen LogP contribution in [0.5, 0.6) is 0 Å². The molecule has 0 fully saturated rings. The molecule has 2 aromatic heterocycles. The zero-order valence-electron chi connectivity index (χ0n) is 12.5. The van der Waals surface area contributed by atoms with Crippen molar-refractivity contribution in [3.8, 4) is 0 Å². The van der Waals surface area contributed by atoms with E-state index in [4.69, 9.17) is 0 Å². The van der Waals surface area contributed by atoms with E-state index >= 15 is 0 Å². The third-order valence-corrected chi connectivity index (χ3v) is 5.12. The summed E-state index contributed by atoms with van der Waals surface area (Å²) in [5, 5.41) is 5.13. The van der Waals surface area contributed by atoms with Crippen LogP contribution >= 0.6 is 11.3 Å². The van der Waals surface area contributed by atoms with Crippen LogP contribution < -0.4 is 5.32 Å². The Hall–Kier alpha value is -1.62. The molecular weight excluding hydrogens is 282 g/mol. The third kappa shape index (κ3) is 3.18. The van der Waals surface area contributed by atoms with Crippen molar-refractivity contribution in [1.29, 1.82) is 0 Å². The SMILES string of the molecule is CC1CCc2c(C(=O)NC(C)Cn3ccnc3)csc2C1. The second-order valence-corrected chi connectivity index (χ2v) is 7.00. The predicted molar refractivity (Wildman–Crippen MR) is 84.7 cm³/mol. The highest BCUT2D eigenvalue weighted by Crippen LogP contribution is 2.32. The quantitative estimate of drug-likeness (QED) is 0.944. The number of carbonyl (C=O) groups excluding carboxylic acids is 1. The fraction of sp³-hybridized carbons (Fsp3) is 0.500. The Kier molecular flexibility index (Phi) is 4.10. The van der Waals surface area contributed by atoms with Crippen LogP contribution in [-0.2, 0) is 19.4 Å². The van der Waals surface area contributed by atoms with Crippen molar-refractivity contribution in [2.24, 2.45) is 5.92 Å². The smallest absolute Gasteiger partial charge is 0.252 e. The van der Waals surface area contributed by atoms with Crippen molar-refractivity contribution >= 4 is 17.2 Å². The molecule has 3 rings (SSSR count). The van der Waals surface area contributed by atoms with Gasteiger partial charge in [0.1, 0.15) is 0 Å². The summed E-state index contributed by atoms with van der Waals surface area (Å²) in [6.45, 7) is 5.06. The van der Waals surface area contributed by atoms with E-state index in [1.54, 1.807) is 23.9 Å². The first-order chi connectivity index (χ1) is 10.1. The van der Waals surface area contributed by atoms with Gasteiger partial charge in [-0.05, 0) is 37.7 Å². The predicted octanol–water partition coefficient (Wildman–Crippen LogP) is 2.89. The summed E-state index contributed by atoms with van der Waals surface area (Å²) < 4.78 is 1.98. The third-order valence-electron chi connectivity index (χ3n) is 4.07. The van der Waals surface area contributed by atoms with Crippen molar-refractivity contribution in [2.45, 2.75) is 45.7 Å². The van der Waals surface area contributed by atoms with Crippen molar-refractivity contribution < 1.29 is 4.79 Å². The van der Waals surface area contributed by atoms with E-state index in [2.05, 4.69) is 17.2 Å². The van der Waals surface area contributed by atoms with Gasteiger partial charge in [-0.15, -0.1) is 11.3 Å². The van der Waals surface area contributed by atoms with Crippen molar-refractivity contribution in [3.05, 3.63) is 40.1 Å². The second-order valence-electron chi connectivity index (χ2n) is 6.03. The largest absolute Gasteiger partial charge is 0.348 e. The maximum Gasteiger partial charge on any atom is 0.252 e. The number of nitrogens with zero attached hydrogens (tertiary/aromatic N) is 2. The number of hydrogen-bond donors (Lipinski definition) is 1. The highest BCUT2D eigenvalue weighted by atomic mass is 32.1. The van der Waals surface area contributed by atoms with Crippen molar-refractivity contribution in [2.75, 3.05) is 0 Å². The average Bonchev–Trinajstić information content (AvgIpc) is 3.06. The van der Waals surface area contributed by atoms with Gasteiger partial charge in [-0.25, -0.2) is 4.98 Å². The molecule has 0 spiro atoms. The lowest BCUT2D eigenvalue weighted by Crippen LogP contribution is -2.35. The van der Waals surface area contributed by atoms with E-state index in [1.165, 1.54) is 16.9 Å². The molecule has 21 heavy (non-hydrogen) atoms. The summed E-state index contributed by atoms with van der Waals surface area (Å²) in [5.41, 5.74) is 2.17. The normalized spacial score (nSPS) is 19.0. The molecule has 4 nitrogen and oxygen atoms in total. The first-order valence-corrected chi connectivity index (χ1v) is 8.37. The molecule has 1 amide bonds. The van der Waals surface area contributed by atoms with Gasteiger partial charge in [0.2, 0.25) is 0 Å². The minimum atomic E-state index is 0.0645. The lowest BCUT2D eigenvalue weighted by molar-refractivity contribution is 0.0936. The van der Waals surface area contributed by atoms with Gasteiger partial charge in [0.25, 0.3) is 5.91 Å². The number of fused-ring (bicyclic) bond motifs is 1. The van der Waals surface area contributed by atoms with Gasteiger partial charge in [0.05, 0.1) is 11.9 Å². The number of rotatable bonds is 4. The molecule has 2 unspecified atom stereocenters. The van der Waals surface area contributed by atoms with E-state index in [1.807, 2.05) is 23.1 Å². The minimum Gasteiger partial charge on any atom is -0.348 e. The van der Waals surface area contributed by atoms with Crippen LogP contribution in [0.1, 0.15) is 41.1 Å². The fourth-order valence-electron chi connectivity index (χ4n) is 2.93. The Bertz CT molecular complexity index is 618. The standard InChI is InChI=1S/C16H21N3OS/c1-11-3-4-13-14(9-21-15(13)7-11)16(20)18-12(2)8-19-6-5-17-10-19/h5-6,9-12H,3-4,7-8H2,1-2H3,(H,18,20). The number of imidazole rings is 1. The average molecular weight is 303 g/mol. The molecule has 0 radical (unpaired) electrons. The summed E-state index contributed by atoms with van der Waals surface area (Å²) in [7, 11) is 0. The zero-order valence-corrected chi connectivity index (χ0v) is 13.3. The molecule has 5 heteroatoms. The molecule has 0 saturated carbocycles. The molecule has 112 valence electrons. The van der Waals surface area contributed by atoms with Gasteiger partial charge >= 0.3 is 0 Å². The number of amides is 1. The van der Waals surface area contributed by atoms with Crippen LogP contribution in [0.25, 0.3) is 0 Å². The zero-order chi connectivity index (χ0) is 14.8. The summed E-state index contributed by atoms with van der Waals surface area (Å²) in [6, 6.07) is 0.0877. The topological polar surface area (TPSA) is 46.9 Å². The van der Waals surface area contributed by atoms with E-state index in [0.29, 0.717) is 0 Å². The van der Waals surface area contributed by atoms with Gasteiger partial charge in [-0.2, -0.15) is 0 Å². The first-order valence-electron chi connectivity index (χ1n) is 7.49. The monoisotopic (exact) mass is 303 g/mol. The maximum absolute atomic E-state index is 12.5. The van der Waals surface area contributed by atoms with Crippen LogP contribution in [0.2, 0.25) is 0 Å². The number of aromatic nitrogens is 2.